The number of halogens is 1. The Morgan fingerprint density at radius 2 is 2.00 bits per heavy atom. The zero-order chi connectivity index (χ0) is 15.5. The van der Waals surface area contributed by atoms with Crippen molar-refractivity contribution in [3.63, 3.8) is 0 Å². The molecule has 0 saturated heterocycles. The van der Waals surface area contributed by atoms with Gasteiger partial charge < -0.3 is 4.74 Å². The zero-order valence-corrected chi connectivity index (χ0v) is 13.1. The van der Waals surface area contributed by atoms with Gasteiger partial charge in [0, 0.05) is 17.7 Å². The summed E-state index contributed by atoms with van der Waals surface area (Å²) in [6.45, 7) is 1.32. The first-order valence-electron chi connectivity index (χ1n) is 7.07. The molecule has 0 N–H and O–H groups in total. The molecule has 0 saturated carbocycles. The Kier molecular flexibility index (Phi) is 4.20. The smallest absolute Gasteiger partial charge is 0.153 e. The van der Waals surface area contributed by atoms with Gasteiger partial charge in [-0.15, -0.1) is 6.42 Å². The topological polar surface area (TPSA) is 12.5 Å². The lowest BCUT2D eigenvalue weighted by molar-refractivity contribution is 0.425. The number of benzene rings is 2. The third kappa shape index (κ3) is 2.87. The van der Waals surface area contributed by atoms with Crippen molar-refractivity contribution < 1.29 is 4.74 Å². The molecule has 2 nitrogen and oxygen atoms in total. The van der Waals surface area contributed by atoms with Crippen LogP contribution in [0.3, 0.4) is 0 Å². The number of nitrogens with zero attached hydrogens (tertiary/aromatic N) is 1. The molecule has 1 aliphatic heterocycles. The van der Waals surface area contributed by atoms with Crippen LogP contribution in [0.2, 0.25) is 5.02 Å². The standard InChI is InChI=1S/C19H16ClNO/c1-3-11-21(2)13-15-12-14-7-4-5-10-18(14)22-19-16(15)8-6-9-17(19)20/h1,4-10,12H,11,13H2,2H3. The zero-order valence-electron chi connectivity index (χ0n) is 12.3. The van der Waals surface area contributed by atoms with Crippen LogP contribution in [-0.2, 0) is 0 Å². The van der Waals surface area contributed by atoms with Crippen LogP contribution in [0, 0.1) is 12.3 Å². The molecule has 0 aliphatic carbocycles. The number of hydrogen-bond donors (Lipinski definition) is 0. The van der Waals surface area contributed by atoms with Gasteiger partial charge in [-0.1, -0.05) is 47.9 Å². The molecule has 0 bridgehead atoms. The Morgan fingerprint density at radius 1 is 1.18 bits per heavy atom. The Labute approximate surface area is 136 Å². The van der Waals surface area contributed by atoms with Crippen LogP contribution >= 0.6 is 11.6 Å². The lowest BCUT2D eigenvalue weighted by Crippen LogP contribution is -2.20. The molecule has 2 aromatic rings. The van der Waals surface area contributed by atoms with Gasteiger partial charge in [0.15, 0.2) is 5.75 Å². The van der Waals surface area contributed by atoms with Crippen molar-refractivity contribution in [1.29, 1.82) is 0 Å². The summed E-state index contributed by atoms with van der Waals surface area (Å²) in [6.07, 6.45) is 7.55. The van der Waals surface area contributed by atoms with E-state index >= 15 is 0 Å². The SMILES string of the molecule is C#CCN(C)CC1=Cc2ccccc2Oc2c(Cl)cccc21. The van der Waals surface area contributed by atoms with Gasteiger partial charge >= 0.3 is 0 Å². The first kappa shape index (κ1) is 14.7. The van der Waals surface area contributed by atoms with E-state index in [0.29, 0.717) is 17.3 Å². The summed E-state index contributed by atoms with van der Waals surface area (Å²) in [5.41, 5.74) is 3.19. The van der Waals surface area contributed by atoms with E-state index in [0.717, 1.165) is 29.0 Å². The number of para-hydroxylation sites is 2. The summed E-state index contributed by atoms with van der Waals surface area (Å²) in [7, 11) is 2.00. The lowest BCUT2D eigenvalue weighted by atomic mass is 10.0. The molecular weight excluding hydrogens is 294 g/mol. The summed E-state index contributed by atoms with van der Waals surface area (Å²) in [5.74, 6) is 4.18. The molecule has 0 spiro atoms. The van der Waals surface area contributed by atoms with Gasteiger partial charge in [-0.05, 0) is 30.8 Å². The number of rotatable bonds is 3. The highest BCUT2D eigenvalue weighted by Crippen LogP contribution is 2.41. The Hall–Kier alpha value is -2.21. The minimum absolute atomic E-state index is 0.593. The van der Waals surface area contributed by atoms with E-state index in [9.17, 15) is 0 Å². The van der Waals surface area contributed by atoms with Crippen molar-refractivity contribution in [2.24, 2.45) is 0 Å². The molecule has 0 amide bonds. The summed E-state index contributed by atoms with van der Waals surface area (Å²) >= 11 is 6.35. The average Bonchev–Trinajstić information content (AvgIpc) is 2.65. The maximum atomic E-state index is 6.35. The molecule has 1 aliphatic rings. The lowest BCUT2D eigenvalue weighted by Gasteiger charge is -2.17. The van der Waals surface area contributed by atoms with Gasteiger partial charge in [0.2, 0.25) is 0 Å². The summed E-state index contributed by atoms with van der Waals surface area (Å²) in [4.78, 5) is 2.09. The highest BCUT2D eigenvalue weighted by Gasteiger charge is 2.19. The number of likely N-dealkylation sites (N-methyl/N-ethyl adjacent to an activating group) is 1. The van der Waals surface area contributed by atoms with Crippen molar-refractivity contribution in [3.05, 3.63) is 58.6 Å². The maximum Gasteiger partial charge on any atom is 0.153 e. The molecule has 110 valence electrons. The van der Waals surface area contributed by atoms with Crippen LogP contribution in [0.1, 0.15) is 11.1 Å². The summed E-state index contributed by atoms with van der Waals surface area (Å²) in [6, 6.07) is 13.8. The first-order chi connectivity index (χ1) is 10.7. The van der Waals surface area contributed by atoms with Crippen LogP contribution in [0.4, 0.5) is 0 Å². The number of ether oxygens (including phenoxy) is 1. The molecule has 22 heavy (non-hydrogen) atoms. The molecule has 1 heterocycles. The van der Waals surface area contributed by atoms with Crippen LogP contribution in [-0.4, -0.2) is 25.0 Å². The van der Waals surface area contributed by atoms with E-state index in [2.05, 4.69) is 16.9 Å². The molecule has 0 unspecified atom stereocenters. The van der Waals surface area contributed by atoms with Crippen molar-refractivity contribution in [3.8, 4) is 23.8 Å². The van der Waals surface area contributed by atoms with Gasteiger partial charge in [-0.3, -0.25) is 4.90 Å². The normalized spacial score (nSPS) is 12.5. The predicted octanol–water partition coefficient (Wildman–Crippen LogP) is 4.55. The monoisotopic (exact) mass is 309 g/mol. The Bertz CT molecular complexity index is 773. The fourth-order valence-electron chi connectivity index (χ4n) is 2.57. The number of terminal acetylenes is 1. The van der Waals surface area contributed by atoms with Gasteiger partial charge in [-0.25, -0.2) is 0 Å². The van der Waals surface area contributed by atoms with E-state index in [-0.39, 0.29) is 0 Å². The molecule has 3 rings (SSSR count). The first-order valence-corrected chi connectivity index (χ1v) is 7.45. The second-order valence-electron chi connectivity index (χ2n) is 5.30. The van der Waals surface area contributed by atoms with E-state index in [1.807, 2.05) is 49.5 Å². The second-order valence-corrected chi connectivity index (χ2v) is 5.71. The Morgan fingerprint density at radius 3 is 2.82 bits per heavy atom. The number of fused-ring (bicyclic) bond motifs is 2. The van der Waals surface area contributed by atoms with Crippen molar-refractivity contribution in [2.75, 3.05) is 20.1 Å². The summed E-state index contributed by atoms with van der Waals surface area (Å²) < 4.78 is 6.06. The van der Waals surface area contributed by atoms with Crippen LogP contribution < -0.4 is 4.74 Å². The molecule has 0 fully saturated rings. The largest absolute Gasteiger partial charge is 0.455 e. The van der Waals surface area contributed by atoms with Crippen LogP contribution in [0.15, 0.2) is 42.5 Å². The van der Waals surface area contributed by atoms with E-state index in [1.165, 1.54) is 0 Å². The van der Waals surface area contributed by atoms with Gasteiger partial charge in [0.05, 0.1) is 11.6 Å². The minimum atomic E-state index is 0.593. The average molecular weight is 310 g/mol. The van der Waals surface area contributed by atoms with Crippen molar-refractivity contribution >= 4 is 23.3 Å². The highest BCUT2D eigenvalue weighted by atomic mass is 35.5. The fraction of sp³-hybridized carbons (Fsp3) is 0.158. The second kappa shape index (κ2) is 6.27. The Balaban J connectivity index is 2.12. The highest BCUT2D eigenvalue weighted by molar-refractivity contribution is 6.32. The van der Waals surface area contributed by atoms with E-state index in [4.69, 9.17) is 22.8 Å². The molecule has 0 aromatic heterocycles. The maximum absolute atomic E-state index is 6.35. The van der Waals surface area contributed by atoms with Gasteiger partial charge in [0.1, 0.15) is 5.75 Å². The fourth-order valence-corrected chi connectivity index (χ4v) is 2.78. The van der Waals surface area contributed by atoms with E-state index < -0.39 is 0 Å². The molecular formula is C19H16ClNO. The molecule has 3 heteroatoms. The van der Waals surface area contributed by atoms with Crippen molar-refractivity contribution in [2.45, 2.75) is 0 Å². The molecule has 0 radical (unpaired) electrons. The third-order valence-electron chi connectivity index (χ3n) is 3.58. The number of hydrogen-bond acceptors (Lipinski definition) is 2. The van der Waals surface area contributed by atoms with Crippen LogP contribution in [0.5, 0.6) is 11.5 Å². The minimum Gasteiger partial charge on any atom is -0.455 e. The predicted molar refractivity (Wildman–Crippen MR) is 92.2 cm³/mol. The third-order valence-corrected chi connectivity index (χ3v) is 3.87. The molecule has 0 atom stereocenters. The van der Waals surface area contributed by atoms with Crippen LogP contribution in [0.25, 0.3) is 11.6 Å². The summed E-state index contributed by atoms with van der Waals surface area (Å²) in [5, 5.41) is 0.611. The van der Waals surface area contributed by atoms with Crippen molar-refractivity contribution in [1.82, 2.24) is 4.90 Å². The molecule has 2 aromatic carbocycles. The van der Waals surface area contributed by atoms with E-state index in [1.54, 1.807) is 0 Å². The quantitative estimate of drug-likeness (QED) is 0.771. The van der Waals surface area contributed by atoms with Gasteiger partial charge in [-0.2, -0.15) is 0 Å². The van der Waals surface area contributed by atoms with Gasteiger partial charge in [0.25, 0.3) is 0 Å².